The molecule has 40 valence electrons. The van der Waals surface area contributed by atoms with Crippen LogP contribution in [0, 0.1) is 0 Å². The van der Waals surface area contributed by atoms with Crippen molar-refractivity contribution in [1.29, 1.82) is 0 Å². The molecule has 1 aliphatic heterocycles. The molecule has 2 nitrogen and oxygen atoms in total. The topological polar surface area (TPSA) is 21.6 Å². The molecule has 1 heterocycles. The van der Waals surface area contributed by atoms with Crippen LogP contribution in [0.4, 0.5) is 8.78 Å². The van der Waals surface area contributed by atoms with E-state index in [1.165, 1.54) is 0 Å². The van der Waals surface area contributed by atoms with Crippen molar-refractivity contribution >= 4 is 6.15 Å². The van der Waals surface area contributed by atoms with E-state index in [1.54, 1.807) is 0 Å². The largest absolute Gasteiger partial charge is 0.451 e. The maximum Gasteiger partial charge on any atom is 0.374 e. The smallest absolute Gasteiger partial charge is 0.374 e. The van der Waals surface area contributed by atoms with Gasteiger partial charge in [0.1, 0.15) is 6.61 Å². The number of hydrogen-bond acceptors (Lipinski definition) is 2. The molecule has 1 rings (SSSR count). The average molecular weight is 107 g/mol. The summed E-state index contributed by atoms with van der Waals surface area (Å²) >= 11 is 0. The molecular weight excluding hydrogens is 104 g/mol. The normalized spacial score (nSPS) is 29.4. The van der Waals surface area contributed by atoms with Crippen LogP contribution in [0.2, 0.25) is 0 Å². The van der Waals surface area contributed by atoms with E-state index in [4.69, 9.17) is 0 Å². The summed E-state index contributed by atoms with van der Waals surface area (Å²) in [6, 6.07) is 0. The van der Waals surface area contributed by atoms with Gasteiger partial charge in [-0.15, -0.1) is 4.39 Å². The van der Waals surface area contributed by atoms with Gasteiger partial charge in [0, 0.05) is 0 Å². The number of aliphatic imine (C=N–C) groups is 1. The third-order valence-electron chi connectivity index (χ3n) is 0.582. The number of rotatable bonds is 0. The molecule has 1 atom stereocenters. The van der Waals surface area contributed by atoms with Crippen LogP contribution in [0.1, 0.15) is 0 Å². The van der Waals surface area contributed by atoms with Gasteiger partial charge in [-0.25, -0.2) is 4.39 Å². The summed E-state index contributed by atoms with van der Waals surface area (Å²) in [5.74, 6) is 0. The molecule has 0 aromatic heterocycles. The quantitative estimate of drug-likeness (QED) is 0.416. The summed E-state index contributed by atoms with van der Waals surface area (Å²) in [7, 11) is 0. The lowest BCUT2D eigenvalue weighted by Gasteiger charge is -1.85. The monoisotopic (exact) mass is 107 g/mol. The van der Waals surface area contributed by atoms with Crippen molar-refractivity contribution in [2.24, 2.45) is 4.99 Å². The summed E-state index contributed by atoms with van der Waals surface area (Å²) in [5, 5.41) is 0. The third-order valence-corrected chi connectivity index (χ3v) is 0.582. The summed E-state index contributed by atoms with van der Waals surface area (Å²) in [5.41, 5.74) is 0. The Labute approximate surface area is 38.8 Å². The van der Waals surface area contributed by atoms with Gasteiger partial charge in [0.25, 0.3) is 0 Å². The molecule has 0 N–H and O–H groups in total. The fourth-order valence-corrected chi connectivity index (χ4v) is 0.322. The lowest BCUT2D eigenvalue weighted by molar-refractivity contribution is 0.220. The molecule has 1 unspecified atom stereocenters. The van der Waals surface area contributed by atoms with E-state index >= 15 is 0 Å². The van der Waals surface area contributed by atoms with Crippen LogP contribution >= 0.6 is 0 Å². The Hall–Kier alpha value is -0.670. The Kier molecular flexibility index (Phi) is 0.923. The molecule has 0 bridgehead atoms. The zero-order valence-electron chi connectivity index (χ0n) is 3.40. The highest BCUT2D eigenvalue weighted by Gasteiger charge is 2.15. The molecule has 7 heavy (non-hydrogen) atoms. The maximum absolute atomic E-state index is 11.6. The number of nitrogens with zero attached hydrogens (tertiary/aromatic N) is 1. The second-order valence-corrected chi connectivity index (χ2v) is 1.13. The Morgan fingerprint density at radius 3 is 2.71 bits per heavy atom. The van der Waals surface area contributed by atoms with E-state index < -0.39 is 12.4 Å². The number of ether oxygens (including phenoxy) is 1. The SMILES string of the molecule is FC1=NC(F)CO1. The fraction of sp³-hybridized carbons (Fsp3) is 0.667. The first kappa shape index (κ1) is 4.49. The van der Waals surface area contributed by atoms with Gasteiger partial charge < -0.3 is 4.74 Å². The zero-order chi connectivity index (χ0) is 5.28. The standard InChI is InChI=1S/C3H3F2NO/c4-2-1-7-3(5)6-2/h2H,1H2. The Morgan fingerprint density at radius 1 is 1.86 bits per heavy atom. The van der Waals surface area contributed by atoms with E-state index in [-0.39, 0.29) is 6.61 Å². The highest BCUT2D eigenvalue weighted by molar-refractivity contribution is 5.66. The van der Waals surface area contributed by atoms with E-state index in [9.17, 15) is 8.78 Å². The van der Waals surface area contributed by atoms with Gasteiger partial charge in [-0.05, 0) is 0 Å². The highest BCUT2D eigenvalue weighted by atomic mass is 19.2. The maximum atomic E-state index is 11.6. The number of halogens is 2. The van der Waals surface area contributed by atoms with Gasteiger partial charge in [0.2, 0.25) is 6.30 Å². The predicted octanol–water partition coefficient (Wildman–Crippen LogP) is 0.638. The summed E-state index contributed by atoms with van der Waals surface area (Å²) in [4.78, 5) is 2.75. The molecule has 0 saturated carbocycles. The van der Waals surface area contributed by atoms with Crippen LogP contribution in [-0.4, -0.2) is 19.1 Å². The van der Waals surface area contributed by atoms with Crippen LogP contribution in [0.3, 0.4) is 0 Å². The zero-order valence-corrected chi connectivity index (χ0v) is 3.40. The Morgan fingerprint density at radius 2 is 2.57 bits per heavy atom. The van der Waals surface area contributed by atoms with E-state index in [2.05, 4.69) is 9.73 Å². The molecule has 4 heteroatoms. The number of alkyl halides is 1. The van der Waals surface area contributed by atoms with Crippen molar-refractivity contribution in [1.82, 2.24) is 0 Å². The van der Waals surface area contributed by atoms with E-state index in [1.807, 2.05) is 0 Å². The molecular formula is C3H3F2NO. The molecule has 0 aromatic rings. The molecule has 0 saturated heterocycles. The van der Waals surface area contributed by atoms with Gasteiger partial charge in [-0.3, -0.25) is 0 Å². The van der Waals surface area contributed by atoms with E-state index in [0.717, 1.165) is 0 Å². The highest BCUT2D eigenvalue weighted by Crippen LogP contribution is 2.04. The van der Waals surface area contributed by atoms with Gasteiger partial charge in [0.05, 0.1) is 0 Å². The first-order chi connectivity index (χ1) is 3.29. The second-order valence-electron chi connectivity index (χ2n) is 1.13. The Bertz CT molecular complexity index is 103. The molecule has 1 aliphatic rings. The van der Waals surface area contributed by atoms with Crippen molar-refractivity contribution in [3.05, 3.63) is 0 Å². The third kappa shape index (κ3) is 0.852. The second kappa shape index (κ2) is 1.44. The minimum absolute atomic E-state index is 0.272. The minimum Gasteiger partial charge on any atom is -0.451 e. The van der Waals surface area contributed by atoms with Gasteiger partial charge in [-0.1, -0.05) is 0 Å². The van der Waals surface area contributed by atoms with Crippen LogP contribution < -0.4 is 0 Å². The predicted molar refractivity (Wildman–Crippen MR) is 19.4 cm³/mol. The lowest BCUT2D eigenvalue weighted by Crippen LogP contribution is -1.95. The van der Waals surface area contributed by atoms with Crippen LogP contribution in [0.25, 0.3) is 0 Å². The summed E-state index contributed by atoms with van der Waals surface area (Å²) < 4.78 is 27.1. The van der Waals surface area contributed by atoms with Crippen LogP contribution in [-0.2, 0) is 4.74 Å². The summed E-state index contributed by atoms with van der Waals surface area (Å²) in [6.45, 7) is -0.272. The minimum atomic E-state index is -1.49. The molecule has 0 spiro atoms. The lowest BCUT2D eigenvalue weighted by atomic mass is 10.7. The van der Waals surface area contributed by atoms with Crippen LogP contribution in [0.15, 0.2) is 4.99 Å². The fourth-order valence-electron chi connectivity index (χ4n) is 0.322. The molecule has 0 aliphatic carbocycles. The molecule has 0 amide bonds. The molecule has 0 fully saturated rings. The van der Waals surface area contributed by atoms with Crippen molar-refractivity contribution < 1.29 is 13.5 Å². The van der Waals surface area contributed by atoms with Gasteiger partial charge in [-0.2, -0.15) is 4.99 Å². The summed E-state index contributed by atoms with van der Waals surface area (Å²) in [6.07, 6.45) is -2.53. The Balaban J connectivity index is 2.50. The van der Waals surface area contributed by atoms with Gasteiger partial charge >= 0.3 is 6.15 Å². The van der Waals surface area contributed by atoms with Crippen LogP contribution in [0.5, 0.6) is 0 Å². The average Bonchev–Trinajstić information content (AvgIpc) is 1.87. The van der Waals surface area contributed by atoms with Gasteiger partial charge in [0.15, 0.2) is 0 Å². The van der Waals surface area contributed by atoms with Crippen molar-refractivity contribution in [2.45, 2.75) is 6.30 Å². The van der Waals surface area contributed by atoms with Crippen molar-refractivity contribution in [3.63, 3.8) is 0 Å². The first-order valence-electron chi connectivity index (χ1n) is 1.79. The van der Waals surface area contributed by atoms with Crippen molar-refractivity contribution in [2.75, 3.05) is 6.61 Å². The molecule has 0 radical (unpaired) electrons. The van der Waals surface area contributed by atoms with E-state index in [0.29, 0.717) is 0 Å². The number of hydrogen-bond donors (Lipinski definition) is 0. The molecule has 0 aromatic carbocycles. The first-order valence-corrected chi connectivity index (χ1v) is 1.79. The van der Waals surface area contributed by atoms with Crippen molar-refractivity contribution in [3.8, 4) is 0 Å².